The number of hydrogen-bond donors (Lipinski definition) is 1. The first kappa shape index (κ1) is 12.3. The lowest BCUT2D eigenvalue weighted by Gasteiger charge is -2.26. The number of nitrogen functional groups attached to an aromatic ring is 1. The van der Waals surface area contributed by atoms with Gasteiger partial charge >= 0.3 is 0 Å². The number of nitrogens with two attached hydrogens (primary N) is 1. The Hall–Kier alpha value is -1.77. The zero-order chi connectivity index (χ0) is 13.2. The highest BCUT2D eigenvalue weighted by Crippen LogP contribution is 2.36. The third kappa shape index (κ3) is 2.65. The molecule has 19 heavy (non-hydrogen) atoms. The van der Waals surface area contributed by atoms with Crippen molar-refractivity contribution < 1.29 is 4.52 Å². The largest absolute Gasteiger partial charge is 0.368 e. The number of rotatable bonds is 2. The Labute approximate surface area is 113 Å². The second kappa shape index (κ2) is 5.08. The van der Waals surface area contributed by atoms with Crippen molar-refractivity contribution in [3.8, 4) is 11.3 Å². The normalized spacial score (nSPS) is 23.4. The fourth-order valence-electron chi connectivity index (χ4n) is 2.94. The predicted molar refractivity (Wildman–Crippen MR) is 76.7 cm³/mol. The van der Waals surface area contributed by atoms with Crippen LogP contribution < -0.4 is 5.73 Å². The lowest BCUT2D eigenvalue weighted by atomic mass is 9.79. The Kier molecular flexibility index (Phi) is 3.28. The number of benzene rings is 1. The number of anilines is 1. The Morgan fingerprint density at radius 1 is 1.11 bits per heavy atom. The molecule has 3 heteroatoms. The summed E-state index contributed by atoms with van der Waals surface area (Å²) >= 11 is 0. The zero-order valence-corrected chi connectivity index (χ0v) is 11.3. The van der Waals surface area contributed by atoms with Gasteiger partial charge in [-0.05, 0) is 30.2 Å². The second-order valence-corrected chi connectivity index (χ2v) is 5.69. The summed E-state index contributed by atoms with van der Waals surface area (Å²) in [5.74, 6) is 1.99. The van der Waals surface area contributed by atoms with Crippen LogP contribution in [0.1, 0.15) is 44.1 Å². The molecule has 0 aliphatic heterocycles. The average molecular weight is 256 g/mol. The monoisotopic (exact) mass is 256 g/mol. The van der Waals surface area contributed by atoms with E-state index < -0.39 is 0 Å². The van der Waals surface area contributed by atoms with Crippen LogP contribution in [0.25, 0.3) is 11.3 Å². The van der Waals surface area contributed by atoms with E-state index in [1.165, 1.54) is 31.2 Å². The summed E-state index contributed by atoms with van der Waals surface area (Å²) in [6.45, 7) is 2.36. The average Bonchev–Trinajstić information content (AvgIpc) is 2.87. The highest BCUT2D eigenvalue weighted by molar-refractivity contribution is 5.61. The molecule has 0 atom stereocenters. The van der Waals surface area contributed by atoms with Gasteiger partial charge in [0.05, 0.1) is 0 Å². The van der Waals surface area contributed by atoms with E-state index in [1.807, 2.05) is 0 Å². The summed E-state index contributed by atoms with van der Waals surface area (Å²) in [5, 5.41) is 3.94. The van der Waals surface area contributed by atoms with E-state index >= 15 is 0 Å². The van der Waals surface area contributed by atoms with Crippen LogP contribution in [0.5, 0.6) is 0 Å². The van der Waals surface area contributed by atoms with Crippen LogP contribution >= 0.6 is 0 Å². The van der Waals surface area contributed by atoms with Crippen molar-refractivity contribution >= 4 is 5.88 Å². The maximum atomic E-state index is 5.55. The molecule has 0 amide bonds. The predicted octanol–water partition coefficient (Wildman–Crippen LogP) is 4.22. The van der Waals surface area contributed by atoms with Crippen molar-refractivity contribution in [2.45, 2.75) is 38.5 Å². The molecule has 1 saturated carbocycles. The van der Waals surface area contributed by atoms with Gasteiger partial charge in [-0.25, -0.2) is 0 Å². The standard InChI is InChI=1S/C16H20N2O/c1-11-2-4-12(5-3-11)13-6-8-14(9-7-13)15-10-16(17)19-18-15/h6-12H,2-5,17H2,1H3. The molecule has 0 radical (unpaired) electrons. The summed E-state index contributed by atoms with van der Waals surface area (Å²) in [6.07, 6.45) is 5.34. The van der Waals surface area contributed by atoms with E-state index in [4.69, 9.17) is 10.3 Å². The minimum Gasteiger partial charge on any atom is -0.368 e. The van der Waals surface area contributed by atoms with Crippen LogP contribution in [-0.4, -0.2) is 5.16 Å². The first-order chi connectivity index (χ1) is 9.22. The lowest BCUT2D eigenvalue weighted by molar-refractivity contribution is 0.348. The van der Waals surface area contributed by atoms with Crippen molar-refractivity contribution in [1.82, 2.24) is 5.16 Å². The van der Waals surface area contributed by atoms with Crippen LogP contribution in [0.2, 0.25) is 0 Å². The molecule has 1 fully saturated rings. The fourth-order valence-corrected chi connectivity index (χ4v) is 2.94. The van der Waals surface area contributed by atoms with Crippen molar-refractivity contribution in [3.63, 3.8) is 0 Å². The van der Waals surface area contributed by atoms with Gasteiger partial charge in [-0.3, -0.25) is 0 Å². The highest BCUT2D eigenvalue weighted by Gasteiger charge is 2.19. The Bertz CT molecular complexity index is 536. The Balaban J connectivity index is 1.75. The van der Waals surface area contributed by atoms with E-state index in [2.05, 4.69) is 36.3 Å². The van der Waals surface area contributed by atoms with Crippen LogP contribution in [0.15, 0.2) is 34.9 Å². The molecular weight excluding hydrogens is 236 g/mol. The smallest absolute Gasteiger partial charge is 0.222 e. The second-order valence-electron chi connectivity index (χ2n) is 5.69. The van der Waals surface area contributed by atoms with Crippen molar-refractivity contribution in [3.05, 3.63) is 35.9 Å². The number of hydrogen-bond acceptors (Lipinski definition) is 3. The molecule has 3 nitrogen and oxygen atoms in total. The number of aromatic nitrogens is 1. The molecule has 0 saturated heterocycles. The summed E-state index contributed by atoms with van der Waals surface area (Å²) in [7, 11) is 0. The van der Waals surface area contributed by atoms with Gasteiger partial charge in [-0.1, -0.05) is 49.2 Å². The first-order valence-electron chi connectivity index (χ1n) is 7.05. The van der Waals surface area contributed by atoms with E-state index in [1.54, 1.807) is 6.07 Å². The van der Waals surface area contributed by atoms with Crippen molar-refractivity contribution in [2.75, 3.05) is 5.73 Å². The number of nitrogens with zero attached hydrogens (tertiary/aromatic N) is 1. The van der Waals surface area contributed by atoms with E-state index in [-0.39, 0.29) is 0 Å². The van der Waals surface area contributed by atoms with Crippen LogP contribution in [0, 0.1) is 5.92 Å². The Morgan fingerprint density at radius 3 is 2.37 bits per heavy atom. The lowest BCUT2D eigenvalue weighted by Crippen LogP contribution is -2.10. The molecule has 1 aromatic carbocycles. The van der Waals surface area contributed by atoms with Gasteiger partial charge in [0, 0.05) is 11.6 Å². The summed E-state index contributed by atoms with van der Waals surface area (Å²) in [6, 6.07) is 10.4. The Morgan fingerprint density at radius 2 is 1.79 bits per heavy atom. The van der Waals surface area contributed by atoms with E-state index in [9.17, 15) is 0 Å². The van der Waals surface area contributed by atoms with Crippen LogP contribution in [0.3, 0.4) is 0 Å². The maximum Gasteiger partial charge on any atom is 0.222 e. The fraction of sp³-hybridized carbons (Fsp3) is 0.438. The van der Waals surface area contributed by atoms with Gasteiger partial charge in [0.15, 0.2) is 0 Å². The molecule has 1 aliphatic carbocycles. The summed E-state index contributed by atoms with van der Waals surface area (Å²) in [5.41, 5.74) is 8.87. The topological polar surface area (TPSA) is 52.0 Å². The molecule has 2 aromatic rings. The van der Waals surface area contributed by atoms with Gasteiger partial charge in [0.1, 0.15) is 5.69 Å². The summed E-state index contributed by atoms with van der Waals surface area (Å²) < 4.78 is 4.91. The third-order valence-electron chi connectivity index (χ3n) is 4.22. The molecule has 0 bridgehead atoms. The van der Waals surface area contributed by atoms with Gasteiger partial charge in [-0.15, -0.1) is 0 Å². The molecule has 0 spiro atoms. The van der Waals surface area contributed by atoms with Crippen molar-refractivity contribution in [2.24, 2.45) is 5.92 Å². The molecule has 1 aromatic heterocycles. The SMILES string of the molecule is CC1CCC(c2ccc(-c3cc(N)on3)cc2)CC1. The third-order valence-corrected chi connectivity index (χ3v) is 4.22. The minimum atomic E-state index is 0.361. The quantitative estimate of drug-likeness (QED) is 0.875. The molecule has 0 unspecified atom stereocenters. The van der Waals surface area contributed by atoms with E-state index in [0.29, 0.717) is 5.88 Å². The highest BCUT2D eigenvalue weighted by atomic mass is 16.5. The summed E-state index contributed by atoms with van der Waals surface area (Å²) in [4.78, 5) is 0. The molecule has 1 aliphatic rings. The molecule has 3 rings (SSSR count). The van der Waals surface area contributed by atoms with Gasteiger partial charge in [-0.2, -0.15) is 0 Å². The zero-order valence-electron chi connectivity index (χ0n) is 11.3. The molecule has 2 N–H and O–H groups in total. The minimum absolute atomic E-state index is 0.361. The molecular formula is C16H20N2O. The van der Waals surface area contributed by atoms with Gasteiger partial charge < -0.3 is 10.3 Å². The van der Waals surface area contributed by atoms with Crippen LogP contribution in [-0.2, 0) is 0 Å². The molecule has 1 heterocycles. The molecule has 100 valence electrons. The van der Waals surface area contributed by atoms with Crippen molar-refractivity contribution in [1.29, 1.82) is 0 Å². The van der Waals surface area contributed by atoms with Crippen LogP contribution in [0.4, 0.5) is 5.88 Å². The van der Waals surface area contributed by atoms with Gasteiger partial charge in [0.2, 0.25) is 5.88 Å². The van der Waals surface area contributed by atoms with Gasteiger partial charge in [0.25, 0.3) is 0 Å². The first-order valence-corrected chi connectivity index (χ1v) is 7.05. The van der Waals surface area contributed by atoms with E-state index in [0.717, 1.165) is 23.1 Å². The maximum absolute atomic E-state index is 5.55.